The summed E-state index contributed by atoms with van der Waals surface area (Å²) in [4.78, 5) is 18.6. The zero-order valence-corrected chi connectivity index (χ0v) is 19.5. The number of ether oxygens (including phenoxy) is 1. The van der Waals surface area contributed by atoms with E-state index in [1.165, 1.54) is 37.0 Å². The predicted octanol–water partition coefficient (Wildman–Crippen LogP) is 5.79. The van der Waals surface area contributed by atoms with Gasteiger partial charge in [0.1, 0.15) is 5.75 Å². The first-order valence-corrected chi connectivity index (χ1v) is 12.4. The number of aromatic amines is 2. The molecular formula is C25H27N5O2S. The highest BCUT2D eigenvalue weighted by Gasteiger charge is 2.26. The van der Waals surface area contributed by atoms with Crippen molar-refractivity contribution in [3.8, 4) is 38.8 Å². The van der Waals surface area contributed by atoms with Gasteiger partial charge in [0.15, 0.2) is 0 Å². The molecule has 170 valence electrons. The Morgan fingerprint density at radius 1 is 1.09 bits per heavy atom. The second kappa shape index (κ2) is 9.70. The third kappa shape index (κ3) is 4.90. The number of thiophene rings is 1. The van der Waals surface area contributed by atoms with Crippen LogP contribution in [-0.4, -0.2) is 32.2 Å². The van der Waals surface area contributed by atoms with Crippen molar-refractivity contribution < 1.29 is 4.74 Å². The second-order valence-corrected chi connectivity index (χ2v) is 9.56. The number of unbranched alkanes of at least 4 members (excludes halogenated alkanes) is 3. The molecule has 4 aromatic rings. The summed E-state index contributed by atoms with van der Waals surface area (Å²) in [5.41, 5.74) is 2.69. The number of rotatable bonds is 10. The van der Waals surface area contributed by atoms with Crippen LogP contribution in [0.15, 0.2) is 47.3 Å². The Hall–Kier alpha value is -3.26. The molecule has 5 rings (SSSR count). The number of nitrogens with one attached hydrogen (secondary N) is 2. The summed E-state index contributed by atoms with van der Waals surface area (Å²) in [6.45, 7) is 2.93. The predicted molar refractivity (Wildman–Crippen MR) is 131 cm³/mol. The van der Waals surface area contributed by atoms with Crippen molar-refractivity contribution in [1.29, 1.82) is 0 Å². The number of tetrazole rings is 1. The van der Waals surface area contributed by atoms with Crippen LogP contribution in [0.3, 0.4) is 0 Å². The molecule has 0 saturated heterocycles. The molecule has 3 aromatic heterocycles. The molecule has 7 nitrogen and oxygen atoms in total. The zero-order chi connectivity index (χ0) is 22.6. The molecule has 1 saturated carbocycles. The molecule has 1 fully saturated rings. The zero-order valence-electron chi connectivity index (χ0n) is 18.6. The lowest BCUT2D eigenvalue weighted by atomic mass is 10.0. The van der Waals surface area contributed by atoms with Crippen molar-refractivity contribution >= 4 is 11.3 Å². The number of benzene rings is 1. The van der Waals surface area contributed by atoms with E-state index in [4.69, 9.17) is 4.74 Å². The Morgan fingerprint density at radius 3 is 2.67 bits per heavy atom. The van der Waals surface area contributed by atoms with Crippen molar-refractivity contribution in [2.75, 3.05) is 6.61 Å². The normalized spacial score (nSPS) is 13.4. The molecule has 0 atom stereocenters. The maximum Gasteiger partial charge on any atom is 0.260 e. The number of H-pyrrole nitrogens is 2. The molecule has 1 aliphatic rings. The van der Waals surface area contributed by atoms with Crippen LogP contribution in [0.2, 0.25) is 0 Å². The number of hydrogen-bond acceptors (Lipinski definition) is 6. The van der Waals surface area contributed by atoms with Gasteiger partial charge in [0.25, 0.3) is 5.56 Å². The van der Waals surface area contributed by atoms with E-state index in [1.807, 2.05) is 30.3 Å². The van der Waals surface area contributed by atoms with Gasteiger partial charge in [-0.05, 0) is 78.4 Å². The lowest BCUT2D eigenvalue weighted by Gasteiger charge is -2.10. The minimum absolute atomic E-state index is 0.235. The fraction of sp³-hybridized carbons (Fsp3) is 0.360. The molecule has 0 radical (unpaired) electrons. The van der Waals surface area contributed by atoms with Crippen LogP contribution < -0.4 is 10.3 Å². The van der Waals surface area contributed by atoms with Crippen LogP contribution in [0, 0.1) is 0 Å². The Morgan fingerprint density at radius 2 is 1.94 bits per heavy atom. The van der Waals surface area contributed by atoms with Gasteiger partial charge in [-0.1, -0.05) is 26.2 Å². The smallest absolute Gasteiger partial charge is 0.260 e. The van der Waals surface area contributed by atoms with Gasteiger partial charge in [0, 0.05) is 21.0 Å². The molecule has 0 amide bonds. The van der Waals surface area contributed by atoms with E-state index >= 15 is 0 Å². The topological polar surface area (TPSA) is 96.6 Å². The van der Waals surface area contributed by atoms with Crippen LogP contribution in [0.5, 0.6) is 5.75 Å². The van der Waals surface area contributed by atoms with E-state index in [0.717, 1.165) is 40.5 Å². The first-order valence-electron chi connectivity index (χ1n) is 11.6. The standard InChI is InChI=1S/C25H27N5O2S/c1-2-3-4-5-14-32-18-10-8-16(9-11-18)20-15-19(22-13-12-21(33-22)17-6-7-17)23(25(31)26-20)24-27-29-30-28-24/h8-13,15,17H,2-7,14H2,1H3,(H,26,31)(H,27,28,29,30). The van der Waals surface area contributed by atoms with E-state index in [9.17, 15) is 4.79 Å². The molecule has 0 spiro atoms. The van der Waals surface area contributed by atoms with Gasteiger partial charge in [0.2, 0.25) is 5.82 Å². The third-order valence-corrected chi connectivity index (χ3v) is 7.19. The van der Waals surface area contributed by atoms with E-state index < -0.39 is 0 Å². The Kier molecular flexibility index (Phi) is 6.35. The Bertz CT molecular complexity index is 1260. The summed E-state index contributed by atoms with van der Waals surface area (Å²) >= 11 is 1.74. The van der Waals surface area contributed by atoms with E-state index in [0.29, 0.717) is 17.3 Å². The van der Waals surface area contributed by atoms with Crippen LogP contribution >= 0.6 is 11.3 Å². The van der Waals surface area contributed by atoms with Crippen LogP contribution in [0.4, 0.5) is 0 Å². The summed E-state index contributed by atoms with van der Waals surface area (Å²) in [6.07, 6.45) is 7.19. The lowest BCUT2D eigenvalue weighted by Crippen LogP contribution is -2.12. The van der Waals surface area contributed by atoms with E-state index in [1.54, 1.807) is 11.3 Å². The van der Waals surface area contributed by atoms with Crippen molar-refractivity contribution in [2.45, 2.75) is 51.4 Å². The SMILES string of the molecule is CCCCCCOc1ccc(-c2cc(-c3ccc(C4CC4)s3)c(-c3nn[nH]n3)c(=O)[nH]2)cc1. The average molecular weight is 462 g/mol. The summed E-state index contributed by atoms with van der Waals surface area (Å²) in [5, 5.41) is 14.2. The number of hydrogen-bond donors (Lipinski definition) is 2. The molecule has 0 aliphatic heterocycles. The van der Waals surface area contributed by atoms with Gasteiger partial charge in [-0.3, -0.25) is 4.79 Å². The van der Waals surface area contributed by atoms with Gasteiger partial charge in [-0.25, -0.2) is 0 Å². The van der Waals surface area contributed by atoms with Gasteiger partial charge in [0.05, 0.1) is 12.2 Å². The maximum atomic E-state index is 13.2. The lowest BCUT2D eigenvalue weighted by molar-refractivity contribution is 0.305. The average Bonchev–Trinajstić information content (AvgIpc) is 3.32. The minimum atomic E-state index is -0.235. The van der Waals surface area contributed by atoms with Crippen molar-refractivity contribution in [3.63, 3.8) is 0 Å². The van der Waals surface area contributed by atoms with Crippen LogP contribution in [-0.2, 0) is 0 Å². The fourth-order valence-electron chi connectivity index (χ4n) is 3.93. The van der Waals surface area contributed by atoms with Crippen LogP contribution in [0.1, 0.15) is 56.2 Å². The molecule has 1 aliphatic carbocycles. The van der Waals surface area contributed by atoms with Gasteiger partial charge < -0.3 is 9.72 Å². The molecule has 8 heteroatoms. The van der Waals surface area contributed by atoms with Gasteiger partial charge >= 0.3 is 0 Å². The quantitative estimate of drug-likeness (QED) is 0.292. The molecule has 0 unspecified atom stereocenters. The fourth-order valence-corrected chi connectivity index (χ4v) is 5.13. The highest BCUT2D eigenvalue weighted by Crippen LogP contribution is 2.46. The van der Waals surface area contributed by atoms with Crippen molar-refractivity contribution in [1.82, 2.24) is 25.6 Å². The highest BCUT2D eigenvalue weighted by atomic mass is 32.1. The van der Waals surface area contributed by atoms with Gasteiger partial charge in [-0.2, -0.15) is 5.21 Å². The third-order valence-electron chi connectivity index (χ3n) is 5.91. The van der Waals surface area contributed by atoms with Gasteiger partial charge in [-0.15, -0.1) is 21.5 Å². The molecule has 1 aromatic carbocycles. The molecule has 33 heavy (non-hydrogen) atoms. The summed E-state index contributed by atoms with van der Waals surface area (Å²) in [5.74, 6) is 1.80. The Balaban J connectivity index is 1.45. The number of pyridine rings is 1. The first kappa shape index (κ1) is 21.6. The summed E-state index contributed by atoms with van der Waals surface area (Å²) in [7, 11) is 0. The molecule has 2 N–H and O–H groups in total. The molecular weight excluding hydrogens is 434 g/mol. The Labute approximate surface area is 196 Å². The highest BCUT2D eigenvalue weighted by molar-refractivity contribution is 7.15. The maximum absolute atomic E-state index is 13.2. The number of aromatic nitrogens is 5. The minimum Gasteiger partial charge on any atom is -0.494 e. The monoisotopic (exact) mass is 461 g/mol. The van der Waals surface area contributed by atoms with Crippen molar-refractivity contribution in [2.24, 2.45) is 0 Å². The molecule has 3 heterocycles. The van der Waals surface area contributed by atoms with E-state index in [2.05, 4.69) is 44.7 Å². The second-order valence-electron chi connectivity index (χ2n) is 8.45. The summed E-state index contributed by atoms with van der Waals surface area (Å²) < 4.78 is 5.86. The number of nitrogens with zero attached hydrogens (tertiary/aromatic N) is 3. The molecule has 0 bridgehead atoms. The van der Waals surface area contributed by atoms with Crippen LogP contribution in [0.25, 0.3) is 33.1 Å². The largest absolute Gasteiger partial charge is 0.494 e. The first-order chi connectivity index (χ1) is 16.2. The summed E-state index contributed by atoms with van der Waals surface area (Å²) in [6, 6.07) is 14.1. The van der Waals surface area contributed by atoms with Crippen molar-refractivity contribution in [3.05, 3.63) is 57.7 Å². The van der Waals surface area contributed by atoms with E-state index in [-0.39, 0.29) is 5.56 Å².